The van der Waals surface area contributed by atoms with Gasteiger partial charge in [-0.3, -0.25) is 24.1 Å². The van der Waals surface area contributed by atoms with Crippen molar-refractivity contribution in [2.24, 2.45) is 0 Å². The molecule has 3 heterocycles. The smallest absolute Gasteiger partial charge is 0.322 e. The molecule has 0 aromatic heterocycles. The van der Waals surface area contributed by atoms with E-state index in [4.69, 9.17) is 14.2 Å². The first-order valence-corrected chi connectivity index (χ1v) is 16.5. The minimum Gasteiger partial charge on any atom is -0.437 e. The third-order valence-corrected chi connectivity index (χ3v) is 9.69. The fourth-order valence-electron chi connectivity index (χ4n) is 6.60. The molecule has 3 aliphatic heterocycles. The van der Waals surface area contributed by atoms with Crippen LogP contribution in [0.25, 0.3) is 6.08 Å². The first kappa shape index (κ1) is 34.0. The highest BCUT2D eigenvalue weighted by atomic mass is 16.6. The van der Waals surface area contributed by atoms with E-state index in [1.54, 1.807) is 30.3 Å². The molecule has 3 saturated heterocycles. The third-order valence-electron chi connectivity index (χ3n) is 9.69. The van der Waals surface area contributed by atoms with Gasteiger partial charge < -0.3 is 19.1 Å². The lowest BCUT2D eigenvalue weighted by molar-refractivity contribution is -0.242. The second kappa shape index (κ2) is 13.9. The van der Waals surface area contributed by atoms with Crippen LogP contribution in [0.3, 0.4) is 0 Å². The number of allylic oxidation sites excluding steroid dienone is 1. The minimum atomic E-state index is -1.07. The van der Waals surface area contributed by atoms with Crippen molar-refractivity contribution >= 4 is 35.5 Å². The maximum absolute atomic E-state index is 12.7. The minimum absolute atomic E-state index is 0.100. The highest BCUT2D eigenvalue weighted by Gasteiger charge is 2.64. The topological polar surface area (TPSA) is 109 Å². The molecule has 256 valence electrons. The van der Waals surface area contributed by atoms with Crippen LogP contribution in [-0.4, -0.2) is 103 Å². The number of hydrogen-bond acceptors (Lipinski definition) is 11. The first-order valence-electron chi connectivity index (χ1n) is 16.5. The lowest BCUT2D eigenvalue weighted by atomic mass is 10.00. The Bertz CT molecular complexity index is 1700. The van der Waals surface area contributed by atoms with Crippen LogP contribution in [-0.2, 0) is 36.8 Å². The summed E-state index contributed by atoms with van der Waals surface area (Å²) in [6, 6.07) is 22.3. The van der Waals surface area contributed by atoms with Gasteiger partial charge in [0.15, 0.2) is 5.78 Å². The molecule has 2 atom stereocenters. The SMILES string of the molecule is CN(C)c1ccc(/C=C/C(=O)c2ccc(OC(=O)Cc3ccc(CN4CCN5CC(=O)O[C@]5(C)[C@]5(C)OC(=O)CN5CC4)cc3)cc2)cc1. The molecule has 3 fully saturated rings. The van der Waals surface area contributed by atoms with Gasteiger partial charge in [-0.25, -0.2) is 9.80 Å². The Hall–Kier alpha value is -4.84. The molecule has 0 aliphatic carbocycles. The summed E-state index contributed by atoms with van der Waals surface area (Å²) in [4.78, 5) is 58.3. The molecule has 0 unspecified atom stereocenters. The Labute approximate surface area is 286 Å². The Morgan fingerprint density at radius 2 is 1.33 bits per heavy atom. The summed E-state index contributed by atoms with van der Waals surface area (Å²) in [6.45, 7) is 7.14. The zero-order chi connectivity index (χ0) is 34.8. The van der Waals surface area contributed by atoms with Gasteiger partial charge in [-0.05, 0) is 73.0 Å². The van der Waals surface area contributed by atoms with Crippen molar-refractivity contribution in [3.63, 3.8) is 0 Å². The fourth-order valence-corrected chi connectivity index (χ4v) is 6.60. The second-order valence-corrected chi connectivity index (χ2v) is 13.2. The number of nitrogens with zero attached hydrogens (tertiary/aromatic N) is 4. The number of hydrogen-bond donors (Lipinski definition) is 0. The van der Waals surface area contributed by atoms with E-state index in [1.807, 2.05) is 91.2 Å². The number of ether oxygens (including phenoxy) is 3. The number of carbonyl (C=O) groups is 4. The van der Waals surface area contributed by atoms with Crippen molar-refractivity contribution in [1.29, 1.82) is 0 Å². The molecule has 0 spiro atoms. The average molecular weight is 667 g/mol. The van der Waals surface area contributed by atoms with Crippen LogP contribution in [0.5, 0.6) is 5.75 Å². The number of anilines is 1. The van der Waals surface area contributed by atoms with E-state index in [0.29, 0.717) is 44.0 Å². The Morgan fingerprint density at radius 3 is 1.88 bits per heavy atom. The molecule has 11 nitrogen and oxygen atoms in total. The quantitative estimate of drug-likeness (QED) is 0.144. The van der Waals surface area contributed by atoms with Gasteiger partial charge in [0.25, 0.3) is 0 Å². The van der Waals surface area contributed by atoms with Gasteiger partial charge in [-0.1, -0.05) is 42.5 Å². The molecule has 11 heteroatoms. The van der Waals surface area contributed by atoms with Crippen molar-refractivity contribution in [2.75, 3.05) is 58.3 Å². The first-order chi connectivity index (χ1) is 23.4. The summed E-state index contributed by atoms with van der Waals surface area (Å²) in [7, 11) is 3.95. The summed E-state index contributed by atoms with van der Waals surface area (Å²) in [5.74, 6) is -0.823. The van der Waals surface area contributed by atoms with Gasteiger partial charge in [0, 0.05) is 58.1 Å². The molecule has 0 saturated carbocycles. The molecular weight excluding hydrogens is 624 g/mol. The van der Waals surface area contributed by atoms with Crippen molar-refractivity contribution in [3.8, 4) is 5.75 Å². The standard InChI is InChI=1S/C38H42N4O7/c1-37-38(2)42(26-36(46)49-38)22-20-40(19-21-41(37)25-35(45)48-37)24-29-7-5-28(6-8-29)23-34(44)47-32-16-12-30(13-17-32)33(43)18-11-27-9-14-31(15-10-27)39(3)4/h5-18H,19-26H2,1-4H3/b18-11+/t37-,38+. The van der Waals surface area contributed by atoms with Crippen molar-refractivity contribution in [2.45, 2.75) is 38.3 Å². The summed E-state index contributed by atoms with van der Waals surface area (Å²) >= 11 is 0. The van der Waals surface area contributed by atoms with Crippen LogP contribution in [0.4, 0.5) is 5.69 Å². The molecule has 0 amide bonds. The van der Waals surface area contributed by atoms with Gasteiger partial charge in [-0.2, -0.15) is 0 Å². The van der Waals surface area contributed by atoms with Gasteiger partial charge in [0.1, 0.15) is 18.8 Å². The van der Waals surface area contributed by atoms with Crippen LogP contribution < -0.4 is 9.64 Å². The molecule has 0 bridgehead atoms. The normalized spacial score (nSPS) is 23.2. The molecule has 6 rings (SSSR count). The number of rotatable bonds is 9. The van der Waals surface area contributed by atoms with E-state index in [0.717, 1.165) is 22.4 Å². The van der Waals surface area contributed by atoms with Gasteiger partial charge in [-0.15, -0.1) is 0 Å². The molecule has 0 radical (unpaired) electrons. The van der Waals surface area contributed by atoms with Crippen LogP contribution in [0.1, 0.15) is 40.9 Å². The Morgan fingerprint density at radius 1 is 0.776 bits per heavy atom. The largest absolute Gasteiger partial charge is 0.437 e. The van der Waals surface area contributed by atoms with Gasteiger partial charge in [0.05, 0.1) is 6.42 Å². The number of esters is 3. The summed E-state index contributed by atoms with van der Waals surface area (Å²) in [6.07, 6.45) is 3.41. The molecular formula is C38H42N4O7. The monoisotopic (exact) mass is 666 g/mol. The fraction of sp³-hybridized carbons (Fsp3) is 0.368. The predicted molar refractivity (Wildman–Crippen MR) is 184 cm³/mol. The molecule has 3 aromatic carbocycles. The van der Waals surface area contributed by atoms with Crippen LogP contribution in [0.2, 0.25) is 0 Å². The summed E-state index contributed by atoms with van der Waals surface area (Å²) in [5.41, 5.74) is 2.26. The Kier molecular flexibility index (Phi) is 9.69. The maximum atomic E-state index is 12.7. The van der Waals surface area contributed by atoms with E-state index >= 15 is 0 Å². The van der Waals surface area contributed by atoms with Crippen molar-refractivity contribution in [1.82, 2.24) is 14.7 Å². The molecule has 3 aliphatic rings. The summed E-state index contributed by atoms with van der Waals surface area (Å²) in [5, 5.41) is 0. The van der Waals surface area contributed by atoms with E-state index in [9.17, 15) is 19.2 Å². The van der Waals surface area contributed by atoms with Gasteiger partial charge >= 0.3 is 17.9 Å². The van der Waals surface area contributed by atoms with E-state index in [1.165, 1.54) is 6.08 Å². The average Bonchev–Trinajstić information content (AvgIpc) is 3.56. The van der Waals surface area contributed by atoms with E-state index < -0.39 is 17.4 Å². The third kappa shape index (κ3) is 7.44. The molecule has 3 aromatic rings. The lowest BCUT2D eigenvalue weighted by Crippen LogP contribution is -2.65. The summed E-state index contributed by atoms with van der Waals surface area (Å²) < 4.78 is 17.1. The zero-order valence-electron chi connectivity index (χ0n) is 28.4. The Balaban J connectivity index is 1.01. The zero-order valence-corrected chi connectivity index (χ0v) is 28.4. The molecule has 49 heavy (non-hydrogen) atoms. The van der Waals surface area contributed by atoms with E-state index in [-0.39, 0.29) is 37.2 Å². The van der Waals surface area contributed by atoms with Crippen molar-refractivity contribution < 1.29 is 33.4 Å². The maximum Gasteiger partial charge on any atom is 0.322 e. The highest BCUT2D eigenvalue weighted by Crippen LogP contribution is 2.42. The number of benzene rings is 3. The van der Waals surface area contributed by atoms with Gasteiger partial charge in [0.2, 0.25) is 11.4 Å². The van der Waals surface area contributed by atoms with Crippen LogP contribution in [0, 0.1) is 0 Å². The number of fused-ring (bicyclic) bond motifs is 3. The lowest BCUT2D eigenvalue weighted by Gasteiger charge is -2.46. The highest BCUT2D eigenvalue weighted by molar-refractivity contribution is 6.06. The van der Waals surface area contributed by atoms with Crippen LogP contribution in [0.15, 0.2) is 78.9 Å². The van der Waals surface area contributed by atoms with E-state index in [2.05, 4.69) is 4.90 Å². The number of carbonyl (C=O) groups excluding carboxylic acids is 4. The molecule has 0 N–H and O–H groups in total. The van der Waals surface area contributed by atoms with Crippen LogP contribution >= 0.6 is 0 Å². The van der Waals surface area contributed by atoms with Crippen molar-refractivity contribution in [3.05, 3.63) is 101 Å². The predicted octanol–water partition coefficient (Wildman–Crippen LogP) is 3.76. The number of ketones is 1. The second-order valence-electron chi connectivity index (χ2n) is 13.2.